The number of phenolic OH excluding ortho intramolecular Hbond substituents is 1. The van der Waals surface area contributed by atoms with Crippen LogP contribution in [-0.4, -0.2) is 31.5 Å². The van der Waals surface area contributed by atoms with Crippen LogP contribution in [0.5, 0.6) is 5.75 Å². The lowest BCUT2D eigenvalue weighted by Gasteiger charge is -2.28. The van der Waals surface area contributed by atoms with E-state index in [0.717, 1.165) is 16.7 Å². The van der Waals surface area contributed by atoms with Crippen LogP contribution < -0.4 is 0 Å². The Morgan fingerprint density at radius 1 is 0.931 bits per heavy atom. The molecule has 29 heavy (non-hydrogen) atoms. The third-order valence-electron chi connectivity index (χ3n) is 4.49. The zero-order chi connectivity index (χ0) is 22.5. The fourth-order valence-electron chi connectivity index (χ4n) is 3.03. The van der Waals surface area contributed by atoms with E-state index in [1.165, 1.54) is 0 Å². The largest absolute Gasteiger partial charge is 0.507 e. The molecule has 1 aromatic carbocycles. The fraction of sp³-hybridized carbons (Fsp3) is 0.652. The second-order valence-electron chi connectivity index (χ2n) is 9.07. The van der Waals surface area contributed by atoms with E-state index >= 15 is 0 Å². The molecule has 0 aliphatic carbocycles. The van der Waals surface area contributed by atoms with Crippen molar-refractivity contribution in [3.05, 3.63) is 34.1 Å². The topological polar surface area (TPSA) is 65.0 Å². The summed E-state index contributed by atoms with van der Waals surface area (Å²) in [5.41, 5.74) is 2.02. The van der Waals surface area contributed by atoms with Crippen molar-refractivity contribution in [3.63, 3.8) is 0 Å². The number of aromatic hydroxyl groups is 1. The molecule has 5 nitrogen and oxygen atoms in total. The molecule has 1 aromatic rings. The second kappa shape index (κ2) is 10.3. The Kier molecular flexibility index (Phi) is 9.16. The molecule has 0 radical (unpaired) electrons. The van der Waals surface area contributed by atoms with Gasteiger partial charge in [-0.15, -0.1) is 0 Å². The lowest BCUT2D eigenvalue weighted by Crippen LogP contribution is -2.17. The predicted octanol–water partition coefficient (Wildman–Crippen LogP) is 6.63. The smallest absolute Gasteiger partial charge is 0.359 e. The molecule has 0 spiro atoms. The highest BCUT2D eigenvalue weighted by atomic mass is 31.2. The second-order valence-corrected chi connectivity index (χ2v) is 11.2. The summed E-state index contributed by atoms with van der Waals surface area (Å²) in [5, 5.41) is 11.4. The number of hydrogen-bond acceptors (Lipinski definition) is 5. The van der Waals surface area contributed by atoms with Crippen LogP contribution in [0, 0.1) is 0 Å². The van der Waals surface area contributed by atoms with Crippen LogP contribution in [0.3, 0.4) is 0 Å². The first kappa shape index (κ1) is 25.9. The molecule has 0 saturated heterocycles. The van der Waals surface area contributed by atoms with Crippen molar-refractivity contribution in [1.82, 2.24) is 0 Å². The highest BCUT2D eigenvalue weighted by molar-refractivity contribution is 7.58. The van der Waals surface area contributed by atoms with Gasteiger partial charge in [-0.1, -0.05) is 41.5 Å². The first-order valence-corrected chi connectivity index (χ1v) is 11.9. The van der Waals surface area contributed by atoms with Crippen molar-refractivity contribution in [2.75, 3.05) is 26.4 Å². The van der Waals surface area contributed by atoms with Crippen LogP contribution in [0.4, 0.5) is 0 Å². The van der Waals surface area contributed by atoms with Crippen LogP contribution >= 0.6 is 7.60 Å². The van der Waals surface area contributed by atoms with E-state index in [0.29, 0.717) is 17.7 Å². The Labute approximate surface area is 177 Å². The van der Waals surface area contributed by atoms with Gasteiger partial charge in [-0.2, -0.15) is 0 Å². The van der Waals surface area contributed by atoms with Crippen LogP contribution in [0.1, 0.15) is 79.0 Å². The molecule has 0 aromatic heterocycles. The molecular weight excluding hydrogens is 387 g/mol. The summed E-state index contributed by atoms with van der Waals surface area (Å²) in [7, 11) is -3.47. The molecule has 0 atom stereocenters. The molecule has 0 amide bonds. The van der Waals surface area contributed by atoms with Crippen molar-refractivity contribution in [2.24, 2.45) is 0 Å². The first-order valence-electron chi connectivity index (χ1n) is 10.4. The van der Waals surface area contributed by atoms with E-state index < -0.39 is 7.60 Å². The summed E-state index contributed by atoms with van der Waals surface area (Å²) >= 11 is 0. The fourth-order valence-corrected chi connectivity index (χ4v) is 4.67. The lowest BCUT2D eigenvalue weighted by molar-refractivity contribution is 0.166. The summed E-state index contributed by atoms with van der Waals surface area (Å²) in [6.07, 6.45) is 1.83. The molecule has 1 N–H and O–H groups in total. The van der Waals surface area contributed by atoms with Crippen molar-refractivity contribution >= 4 is 13.7 Å². The third-order valence-corrected chi connectivity index (χ3v) is 6.64. The Balaban J connectivity index is 3.72. The van der Waals surface area contributed by atoms with E-state index in [1.54, 1.807) is 13.8 Å². The number of ether oxygens (including phenoxy) is 1. The van der Waals surface area contributed by atoms with Gasteiger partial charge in [-0.3, -0.25) is 4.57 Å². The maximum Gasteiger partial charge on any atom is 0.359 e. The van der Waals surface area contributed by atoms with Gasteiger partial charge in [-0.25, -0.2) is 0 Å². The quantitative estimate of drug-likeness (QED) is 0.449. The van der Waals surface area contributed by atoms with Gasteiger partial charge < -0.3 is 18.9 Å². The van der Waals surface area contributed by atoms with Crippen molar-refractivity contribution < 1.29 is 23.5 Å². The number of rotatable bonds is 9. The molecule has 0 saturated carbocycles. The predicted molar refractivity (Wildman–Crippen MR) is 121 cm³/mol. The molecule has 1 rings (SSSR count). The first-order chi connectivity index (χ1) is 13.3. The molecule has 0 aliphatic heterocycles. The molecule has 0 unspecified atom stereocenters. The minimum absolute atomic E-state index is 0.157. The Bertz CT molecular complexity index is 709. The minimum atomic E-state index is -3.47. The van der Waals surface area contributed by atoms with E-state index in [2.05, 4.69) is 41.5 Å². The Hall–Kier alpha value is -1.13. The summed E-state index contributed by atoms with van der Waals surface area (Å²) in [5.74, 6) is 0.311. The number of phenols is 1. The van der Waals surface area contributed by atoms with Crippen LogP contribution in [0.15, 0.2) is 17.4 Å². The van der Waals surface area contributed by atoms with E-state index in [1.807, 2.05) is 25.1 Å². The van der Waals surface area contributed by atoms with Gasteiger partial charge in [0.25, 0.3) is 0 Å². The van der Waals surface area contributed by atoms with Gasteiger partial charge in [0.2, 0.25) is 0 Å². The summed E-state index contributed by atoms with van der Waals surface area (Å²) < 4.78 is 30.1. The van der Waals surface area contributed by atoms with Gasteiger partial charge in [0.15, 0.2) is 0 Å². The van der Waals surface area contributed by atoms with Crippen LogP contribution in [0.25, 0.3) is 6.08 Å². The van der Waals surface area contributed by atoms with Crippen molar-refractivity contribution in [2.45, 2.75) is 73.1 Å². The molecule has 0 fully saturated rings. The minimum Gasteiger partial charge on any atom is -0.507 e. The summed E-state index contributed by atoms with van der Waals surface area (Å²) in [6, 6.07) is 3.89. The zero-order valence-electron chi connectivity index (χ0n) is 19.6. The standard InChI is InChI=1S/C23H39O5P/c1-10-26-16-18(29(25,27-11-2)28-12-3)13-17-14-19(22(4,5)6)21(24)20(15-17)23(7,8)9/h13-15,24H,10-12,16H2,1-9H3. The SMILES string of the molecule is CCOCC(=Cc1cc(C(C)(C)C)c(O)c(C(C)(C)C)c1)P(=O)(OCC)OCC. The molecule has 6 heteroatoms. The highest BCUT2D eigenvalue weighted by Gasteiger charge is 2.31. The Morgan fingerprint density at radius 3 is 1.72 bits per heavy atom. The molecule has 0 heterocycles. The molecule has 0 aliphatic rings. The maximum absolute atomic E-state index is 13.4. The number of hydrogen-bond donors (Lipinski definition) is 1. The molecular formula is C23H39O5P. The molecule has 166 valence electrons. The van der Waals surface area contributed by atoms with E-state index in [9.17, 15) is 9.67 Å². The van der Waals surface area contributed by atoms with Crippen LogP contribution in [-0.2, 0) is 29.2 Å². The third kappa shape index (κ3) is 6.96. The highest BCUT2D eigenvalue weighted by Crippen LogP contribution is 2.56. The molecule has 0 bridgehead atoms. The average molecular weight is 427 g/mol. The summed E-state index contributed by atoms with van der Waals surface area (Å²) in [6.45, 7) is 19.1. The van der Waals surface area contributed by atoms with Crippen molar-refractivity contribution in [1.29, 1.82) is 0 Å². The normalized spacial score (nSPS) is 13.8. The monoisotopic (exact) mass is 426 g/mol. The number of benzene rings is 1. The zero-order valence-corrected chi connectivity index (χ0v) is 20.5. The van der Waals surface area contributed by atoms with Gasteiger partial charge >= 0.3 is 7.60 Å². The summed E-state index contributed by atoms with van der Waals surface area (Å²) in [4.78, 5) is 0. The lowest BCUT2D eigenvalue weighted by atomic mass is 9.78. The van der Waals surface area contributed by atoms with Gasteiger partial charge in [0, 0.05) is 17.7 Å². The van der Waals surface area contributed by atoms with Gasteiger partial charge in [-0.05, 0) is 55.4 Å². The maximum atomic E-state index is 13.4. The average Bonchev–Trinajstić information content (AvgIpc) is 2.58. The Morgan fingerprint density at radius 2 is 1.38 bits per heavy atom. The van der Waals surface area contributed by atoms with Crippen LogP contribution in [0.2, 0.25) is 0 Å². The van der Waals surface area contributed by atoms with Gasteiger partial charge in [0.05, 0.1) is 25.1 Å². The van der Waals surface area contributed by atoms with Gasteiger partial charge in [0.1, 0.15) is 5.75 Å². The van der Waals surface area contributed by atoms with Crippen molar-refractivity contribution in [3.8, 4) is 5.75 Å². The van der Waals surface area contributed by atoms with E-state index in [4.69, 9.17) is 13.8 Å². The van der Waals surface area contributed by atoms with E-state index in [-0.39, 0.29) is 30.7 Å².